The minimum atomic E-state index is -4.11. The summed E-state index contributed by atoms with van der Waals surface area (Å²) in [7, 11) is -0.235. The fraction of sp³-hybridized carbons (Fsp3) is 0.130. The van der Waals surface area contributed by atoms with Crippen molar-refractivity contribution >= 4 is 56.7 Å². The van der Waals surface area contributed by atoms with Crippen molar-refractivity contribution in [3.63, 3.8) is 0 Å². The summed E-state index contributed by atoms with van der Waals surface area (Å²) < 4.78 is 27.5. The van der Waals surface area contributed by atoms with Crippen molar-refractivity contribution < 1.29 is 13.2 Å². The number of hydrazone groups is 1. The molecule has 7 nitrogen and oxygen atoms in total. The Hall–Kier alpha value is -3.07. The van der Waals surface area contributed by atoms with Gasteiger partial charge in [0, 0.05) is 19.8 Å². The van der Waals surface area contributed by atoms with Gasteiger partial charge in [-0.05, 0) is 42.0 Å². The first kappa shape index (κ1) is 24.6. The zero-order valence-electron chi connectivity index (χ0n) is 17.9. The van der Waals surface area contributed by atoms with Gasteiger partial charge in [0.1, 0.15) is 6.54 Å². The smallest absolute Gasteiger partial charge is 0.264 e. The van der Waals surface area contributed by atoms with Crippen molar-refractivity contribution in [3.8, 4) is 0 Å². The molecule has 0 aromatic heterocycles. The summed E-state index contributed by atoms with van der Waals surface area (Å²) in [5, 5.41) is 4.13. The first-order valence-electron chi connectivity index (χ1n) is 9.81. The molecule has 172 valence electrons. The molecule has 0 saturated heterocycles. The van der Waals surface area contributed by atoms with E-state index >= 15 is 0 Å². The predicted octanol–water partition coefficient (Wildman–Crippen LogP) is 4.41. The molecule has 3 aromatic rings. The number of amides is 1. The number of benzene rings is 3. The Morgan fingerprint density at radius 2 is 1.64 bits per heavy atom. The average molecular weight is 505 g/mol. The van der Waals surface area contributed by atoms with Crippen LogP contribution in [0.15, 0.2) is 82.8 Å². The van der Waals surface area contributed by atoms with Gasteiger partial charge < -0.3 is 4.90 Å². The molecule has 0 radical (unpaired) electrons. The number of carbonyl (C=O) groups excluding carboxylic acids is 1. The van der Waals surface area contributed by atoms with E-state index in [2.05, 4.69) is 10.5 Å². The van der Waals surface area contributed by atoms with Gasteiger partial charge in [-0.3, -0.25) is 9.10 Å². The predicted molar refractivity (Wildman–Crippen MR) is 134 cm³/mol. The van der Waals surface area contributed by atoms with Crippen LogP contribution in [0.25, 0.3) is 0 Å². The molecule has 0 aliphatic rings. The molecule has 0 saturated carbocycles. The summed E-state index contributed by atoms with van der Waals surface area (Å²) >= 11 is 12.4. The van der Waals surface area contributed by atoms with Gasteiger partial charge in [0.05, 0.1) is 26.8 Å². The number of nitrogens with one attached hydrogen (secondary N) is 1. The monoisotopic (exact) mass is 504 g/mol. The van der Waals surface area contributed by atoms with Crippen molar-refractivity contribution in [2.45, 2.75) is 4.90 Å². The number of carbonyl (C=O) groups is 1. The molecule has 0 heterocycles. The van der Waals surface area contributed by atoms with Crippen LogP contribution >= 0.6 is 23.2 Å². The van der Waals surface area contributed by atoms with Gasteiger partial charge in [-0.25, -0.2) is 13.8 Å². The largest absolute Gasteiger partial charge is 0.378 e. The summed E-state index contributed by atoms with van der Waals surface area (Å²) in [4.78, 5) is 14.6. The fourth-order valence-electron chi connectivity index (χ4n) is 2.91. The van der Waals surface area contributed by atoms with Gasteiger partial charge in [0.15, 0.2) is 0 Å². The Kier molecular flexibility index (Phi) is 7.97. The molecule has 0 unspecified atom stereocenters. The molecule has 0 bridgehead atoms. The van der Waals surface area contributed by atoms with Crippen LogP contribution in [0, 0.1) is 0 Å². The Labute approximate surface area is 203 Å². The third-order valence-corrected chi connectivity index (χ3v) is 7.21. The van der Waals surface area contributed by atoms with Crippen LogP contribution in [0.4, 0.5) is 11.4 Å². The number of hydrogen-bond donors (Lipinski definition) is 1. The van der Waals surface area contributed by atoms with Crippen molar-refractivity contribution in [1.29, 1.82) is 0 Å². The van der Waals surface area contributed by atoms with E-state index < -0.39 is 22.5 Å². The quantitative estimate of drug-likeness (QED) is 0.364. The highest BCUT2D eigenvalue weighted by Gasteiger charge is 2.29. The van der Waals surface area contributed by atoms with Crippen LogP contribution in [0.2, 0.25) is 10.0 Å². The Bertz CT molecular complexity index is 1250. The van der Waals surface area contributed by atoms with Crippen LogP contribution in [-0.2, 0) is 14.8 Å². The number of sulfonamides is 1. The molecular weight excluding hydrogens is 483 g/mol. The summed E-state index contributed by atoms with van der Waals surface area (Å²) in [6.45, 7) is -0.547. The Morgan fingerprint density at radius 3 is 2.27 bits per heavy atom. The molecule has 0 aliphatic carbocycles. The summed E-state index contributed by atoms with van der Waals surface area (Å²) in [5.74, 6) is -0.647. The first-order chi connectivity index (χ1) is 15.7. The molecule has 3 aromatic carbocycles. The maximum Gasteiger partial charge on any atom is 0.264 e. The molecule has 33 heavy (non-hydrogen) atoms. The van der Waals surface area contributed by atoms with Gasteiger partial charge in [0.25, 0.3) is 15.9 Å². The highest BCUT2D eigenvalue weighted by molar-refractivity contribution is 7.92. The lowest BCUT2D eigenvalue weighted by atomic mass is 10.2. The molecule has 0 atom stereocenters. The summed E-state index contributed by atoms with van der Waals surface area (Å²) in [6.07, 6.45) is 1.47. The number of anilines is 2. The van der Waals surface area contributed by atoms with Gasteiger partial charge in [-0.15, -0.1) is 0 Å². The Morgan fingerprint density at radius 1 is 0.970 bits per heavy atom. The summed E-state index contributed by atoms with van der Waals surface area (Å²) in [6, 6.07) is 19.9. The third kappa shape index (κ3) is 6.04. The van der Waals surface area contributed by atoms with E-state index in [1.165, 1.54) is 30.5 Å². The molecular formula is C23H22Cl2N4O3S. The van der Waals surface area contributed by atoms with Gasteiger partial charge in [0.2, 0.25) is 0 Å². The second-order valence-corrected chi connectivity index (χ2v) is 9.82. The maximum absolute atomic E-state index is 13.3. The maximum atomic E-state index is 13.3. The van der Waals surface area contributed by atoms with Gasteiger partial charge in [-0.2, -0.15) is 5.10 Å². The molecule has 0 fully saturated rings. The van der Waals surface area contributed by atoms with Gasteiger partial charge in [-0.1, -0.05) is 59.6 Å². The second kappa shape index (κ2) is 10.7. The average Bonchev–Trinajstić information content (AvgIpc) is 2.80. The highest BCUT2D eigenvalue weighted by Crippen LogP contribution is 2.35. The lowest BCUT2D eigenvalue weighted by Gasteiger charge is -2.24. The zero-order chi connectivity index (χ0) is 24.0. The van der Waals surface area contributed by atoms with Gasteiger partial charge >= 0.3 is 0 Å². The third-order valence-electron chi connectivity index (χ3n) is 4.63. The molecule has 1 amide bonds. The van der Waals surface area contributed by atoms with E-state index in [1.807, 2.05) is 43.3 Å². The van der Waals surface area contributed by atoms with E-state index in [0.29, 0.717) is 0 Å². The molecule has 0 aliphatic heterocycles. The van der Waals surface area contributed by atoms with Crippen molar-refractivity contribution in [1.82, 2.24) is 5.43 Å². The normalized spacial score (nSPS) is 11.4. The molecule has 10 heteroatoms. The number of rotatable bonds is 8. The highest BCUT2D eigenvalue weighted by atomic mass is 35.5. The SMILES string of the molecule is CN(C)c1ccc(/C=N\NC(=O)CN(c2cccc(Cl)c2Cl)S(=O)(=O)c2ccccc2)cc1. The van der Waals surface area contributed by atoms with E-state index in [-0.39, 0.29) is 20.6 Å². The van der Waals surface area contributed by atoms with Crippen molar-refractivity contribution in [2.75, 3.05) is 29.8 Å². The number of halogens is 2. The molecule has 3 rings (SSSR count). The van der Waals surface area contributed by atoms with E-state index in [1.54, 1.807) is 24.3 Å². The lowest BCUT2D eigenvalue weighted by molar-refractivity contribution is -0.119. The number of nitrogens with zero attached hydrogens (tertiary/aromatic N) is 3. The topological polar surface area (TPSA) is 82.1 Å². The van der Waals surface area contributed by atoms with Crippen LogP contribution in [0.1, 0.15) is 5.56 Å². The van der Waals surface area contributed by atoms with Crippen LogP contribution in [0.5, 0.6) is 0 Å². The Balaban J connectivity index is 1.83. The zero-order valence-corrected chi connectivity index (χ0v) is 20.3. The van der Waals surface area contributed by atoms with Crippen LogP contribution in [0.3, 0.4) is 0 Å². The fourth-order valence-corrected chi connectivity index (χ4v) is 4.81. The van der Waals surface area contributed by atoms with Crippen molar-refractivity contribution in [3.05, 3.63) is 88.4 Å². The van der Waals surface area contributed by atoms with E-state index in [9.17, 15) is 13.2 Å². The van der Waals surface area contributed by atoms with E-state index in [4.69, 9.17) is 23.2 Å². The van der Waals surface area contributed by atoms with Crippen LogP contribution in [-0.4, -0.2) is 41.2 Å². The van der Waals surface area contributed by atoms with E-state index in [0.717, 1.165) is 15.6 Å². The summed E-state index contributed by atoms with van der Waals surface area (Å²) in [5.41, 5.74) is 4.25. The van der Waals surface area contributed by atoms with Crippen LogP contribution < -0.4 is 14.6 Å². The standard InChI is InChI=1S/C23H22Cl2N4O3S/c1-28(2)18-13-11-17(12-14-18)15-26-27-22(30)16-29(21-10-6-9-20(24)23(21)25)33(31,32)19-7-4-3-5-8-19/h3-15H,16H2,1-2H3,(H,27,30)/b26-15-. The molecule has 1 N–H and O–H groups in total. The second-order valence-electron chi connectivity index (χ2n) is 7.18. The molecule has 0 spiro atoms. The lowest BCUT2D eigenvalue weighted by Crippen LogP contribution is -2.39. The van der Waals surface area contributed by atoms with Crippen molar-refractivity contribution in [2.24, 2.45) is 5.10 Å². The number of hydrogen-bond acceptors (Lipinski definition) is 5. The first-order valence-corrected chi connectivity index (χ1v) is 12.0. The minimum absolute atomic E-state index is 0.0123. The minimum Gasteiger partial charge on any atom is -0.378 e.